The Hall–Kier alpha value is -3.55. The molecule has 0 unspecified atom stereocenters. The molecule has 3 aromatic rings. The van der Waals surface area contributed by atoms with Crippen LogP contribution in [0.2, 0.25) is 0 Å². The summed E-state index contributed by atoms with van der Waals surface area (Å²) in [6.45, 7) is 3.55. The van der Waals surface area contributed by atoms with Gasteiger partial charge in [0.25, 0.3) is 17.4 Å². The van der Waals surface area contributed by atoms with Crippen LogP contribution >= 0.6 is 0 Å². The van der Waals surface area contributed by atoms with Crippen LogP contribution < -0.4 is 16.4 Å². The van der Waals surface area contributed by atoms with E-state index in [-0.39, 0.29) is 22.9 Å². The number of hydrogen-bond acceptors (Lipinski definition) is 4. The van der Waals surface area contributed by atoms with Crippen LogP contribution in [-0.2, 0) is 0 Å². The number of carbonyl (C=O) groups excluding carboxylic acids is 2. The van der Waals surface area contributed by atoms with Crippen molar-refractivity contribution in [2.45, 2.75) is 19.9 Å². The molecule has 0 aliphatic carbocycles. The molecule has 3 rings (SSSR count). The second-order valence-corrected chi connectivity index (χ2v) is 6.16. The molecule has 0 fully saturated rings. The van der Waals surface area contributed by atoms with E-state index in [0.717, 1.165) is 6.07 Å². The summed E-state index contributed by atoms with van der Waals surface area (Å²) in [6.07, 6.45) is 0. The average molecular weight is 368 g/mol. The second-order valence-electron chi connectivity index (χ2n) is 6.16. The highest BCUT2D eigenvalue weighted by Crippen LogP contribution is 2.14. The van der Waals surface area contributed by atoms with E-state index in [1.807, 2.05) is 0 Å². The lowest BCUT2D eigenvalue weighted by Crippen LogP contribution is -2.43. The van der Waals surface area contributed by atoms with Gasteiger partial charge >= 0.3 is 0 Å². The molecule has 8 heteroatoms. The summed E-state index contributed by atoms with van der Waals surface area (Å²) in [4.78, 5) is 37.1. The van der Waals surface area contributed by atoms with Gasteiger partial charge in [0.15, 0.2) is 5.69 Å². The van der Waals surface area contributed by atoms with Crippen LogP contribution in [0.5, 0.6) is 0 Å². The Morgan fingerprint density at radius 2 is 1.67 bits per heavy atom. The van der Waals surface area contributed by atoms with Crippen LogP contribution in [0.25, 0.3) is 10.8 Å². The molecule has 138 valence electrons. The smallest absolute Gasteiger partial charge is 0.267 e. The summed E-state index contributed by atoms with van der Waals surface area (Å²) in [5.41, 5.74) is 4.23. The van der Waals surface area contributed by atoms with E-state index < -0.39 is 17.6 Å². The highest BCUT2D eigenvalue weighted by molar-refractivity contribution is 6.06. The first-order chi connectivity index (χ1) is 12.9. The molecule has 2 N–H and O–H groups in total. The van der Waals surface area contributed by atoms with Gasteiger partial charge in [-0.25, -0.2) is 9.07 Å². The largest absolute Gasteiger partial charge is 0.290 e. The number of nitrogens with one attached hydrogen (secondary N) is 2. The van der Waals surface area contributed by atoms with E-state index in [9.17, 15) is 18.8 Å². The van der Waals surface area contributed by atoms with Gasteiger partial charge in [0.2, 0.25) is 0 Å². The third-order valence-electron chi connectivity index (χ3n) is 3.91. The fourth-order valence-electron chi connectivity index (χ4n) is 2.60. The number of fused-ring (bicyclic) bond motifs is 1. The Balaban J connectivity index is 1.90. The van der Waals surface area contributed by atoms with E-state index >= 15 is 0 Å². The van der Waals surface area contributed by atoms with E-state index in [2.05, 4.69) is 16.0 Å². The molecular weight excluding hydrogens is 351 g/mol. The van der Waals surface area contributed by atoms with Crippen LogP contribution in [0, 0.1) is 5.82 Å². The van der Waals surface area contributed by atoms with Gasteiger partial charge in [0.05, 0.1) is 11.4 Å². The fourth-order valence-corrected chi connectivity index (χ4v) is 2.60. The van der Waals surface area contributed by atoms with Crippen molar-refractivity contribution in [2.24, 2.45) is 0 Å². The minimum absolute atomic E-state index is 0.00144. The number of rotatable bonds is 3. The molecule has 2 amide bonds. The lowest BCUT2D eigenvalue weighted by molar-refractivity contribution is 0.0843. The molecule has 27 heavy (non-hydrogen) atoms. The van der Waals surface area contributed by atoms with E-state index in [1.165, 1.54) is 22.9 Å². The van der Waals surface area contributed by atoms with Crippen molar-refractivity contribution < 1.29 is 14.0 Å². The molecule has 0 aliphatic heterocycles. The summed E-state index contributed by atoms with van der Waals surface area (Å²) >= 11 is 0. The van der Waals surface area contributed by atoms with Gasteiger partial charge < -0.3 is 0 Å². The molecule has 0 radical (unpaired) electrons. The van der Waals surface area contributed by atoms with Crippen molar-refractivity contribution in [1.29, 1.82) is 0 Å². The van der Waals surface area contributed by atoms with Crippen LogP contribution in [0.1, 0.15) is 40.7 Å². The number of hydrogen-bond donors (Lipinski definition) is 2. The maximum absolute atomic E-state index is 13.2. The molecule has 0 saturated heterocycles. The molecule has 1 aromatic heterocycles. The van der Waals surface area contributed by atoms with E-state index in [0.29, 0.717) is 10.8 Å². The topological polar surface area (TPSA) is 93.1 Å². The minimum Gasteiger partial charge on any atom is -0.267 e. The number of hydrazine groups is 1. The molecule has 2 aromatic carbocycles. The Labute approximate surface area is 153 Å². The SMILES string of the molecule is CC(C)n1nc(C(=O)NNC(=O)c2cccc(F)c2)c2ccccc2c1=O. The summed E-state index contributed by atoms with van der Waals surface area (Å²) < 4.78 is 14.4. The number of aromatic nitrogens is 2. The quantitative estimate of drug-likeness (QED) is 0.693. The molecule has 0 spiro atoms. The van der Waals surface area contributed by atoms with Crippen molar-refractivity contribution in [1.82, 2.24) is 20.6 Å². The zero-order valence-electron chi connectivity index (χ0n) is 14.7. The maximum atomic E-state index is 13.2. The number of amides is 2. The Morgan fingerprint density at radius 1 is 1.00 bits per heavy atom. The normalized spacial score (nSPS) is 10.8. The monoisotopic (exact) mass is 368 g/mol. The Bertz CT molecular complexity index is 1090. The third-order valence-corrected chi connectivity index (χ3v) is 3.91. The van der Waals surface area contributed by atoms with Crippen LogP contribution in [-0.4, -0.2) is 21.6 Å². The number of carbonyl (C=O) groups is 2. The lowest BCUT2D eigenvalue weighted by atomic mass is 10.1. The van der Waals surface area contributed by atoms with Gasteiger partial charge in [-0.1, -0.05) is 24.3 Å². The first kappa shape index (κ1) is 18.2. The minimum atomic E-state index is -0.689. The van der Waals surface area contributed by atoms with Gasteiger partial charge in [0, 0.05) is 10.9 Å². The predicted octanol–water partition coefficient (Wildman–Crippen LogP) is 2.19. The van der Waals surface area contributed by atoms with Crippen molar-refractivity contribution in [3.8, 4) is 0 Å². The number of nitrogens with zero attached hydrogens (tertiary/aromatic N) is 2. The zero-order chi connectivity index (χ0) is 19.6. The highest BCUT2D eigenvalue weighted by atomic mass is 19.1. The van der Waals surface area contributed by atoms with Crippen molar-refractivity contribution in [2.75, 3.05) is 0 Å². The van der Waals surface area contributed by atoms with Crippen molar-refractivity contribution >= 4 is 22.6 Å². The van der Waals surface area contributed by atoms with Crippen LogP contribution in [0.3, 0.4) is 0 Å². The van der Waals surface area contributed by atoms with Crippen LogP contribution in [0.15, 0.2) is 53.3 Å². The predicted molar refractivity (Wildman–Crippen MR) is 97.7 cm³/mol. The van der Waals surface area contributed by atoms with Crippen LogP contribution in [0.4, 0.5) is 4.39 Å². The Kier molecular flexibility index (Phi) is 4.98. The third kappa shape index (κ3) is 3.69. The molecule has 7 nitrogen and oxygen atoms in total. The molecule has 0 atom stereocenters. The van der Waals surface area contributed by atoms with Gasteiger partial charge in [-0.15, -0.1) is 0 Å². The lowest BCUT2D eigenvalue weighted by Gasteiger charge is -2.13. The first-order valence-corrected chi connectivity index (χ1v) is 8.26. The fraction of sp³-hybridized carbons (Fsp3) is 0.158. The molecular formula is C19H17FN4O3. The van der Waals surface area contributed by atoms with Gasteiger partial charge in [0.1, 0.15) is 5.82 Å². The summed E-state index contributed by atoms with van der Waals surface area (Å²) in [5.74, 6) is -1.93. The summed E-state index contributed by atoms with van der Waals surface area (Å²) in [7, 11) is 0. The Morgan fingerprint density at radius 3 is 2.33 bits per heavy atom. The average Bonchev–Trinajstić information content (AvgIpc) is 2.66. The van der Waals surface area contributed by atoms with Gasteiger partial charge in [-0.05, 0) is 38.1 Å². The van der Waals surface area contributed by atoms with E-state index in [1.54, 1.807) is 38.1 Å². The molecule has 1 heterocycles. The molecule has 0 saturated carbocycles. The van der Waals surface area contributed by atoms with Crippen molar-refractivity contribution in [3.63, 3.8) is 0 Å². The zero-order valence-corrected chi connectivity index (χ0v) is 14.7. The first-order valence-electron chi connectivity index (χ1n) is 8.26. The molecule has 0 aliphatic rings. The number of halogens is 1. The van der Waals surface area contributed by atoms with Gasteiger partial charge in [-0.3, -0.25) is 25.2 Å². The summed E-state index contributed by atoms with van der Waals surface area (Å²) in [6, 6.07) is 11.4. The maximum Gasteiger partial charge on any atom is 0.290 e. The van der Waals surface area contributed by atoms with Gasteiger partial charge in [-0.2, -0.15) is 5.10 Å². The second kappa shape index (κ2) is 7.36. The highest BCUT2D eigenvalue weighted by Gasteiger charge is 2.18. The van der Waals surface area contributed by atoms with Crippen molar-refractivity contribution in [3.05, 3.63) is 76.0 Å². The summed E-state index contributed by atoms with van der Waals surface area (Å²) in [5, 5.41) is 4.87. The standard InChI is InChI=1S/C19H17FN4O3/c1-11(2)24-19(27)15-9-4-3-8-14(15)16(23-24)18(26)22-21-17(25)12-6-5-7-13(20)10-12/h3-11H,1-2H3,(H,21,25)(H,22,26). The molecule has 0 bridgehead atoms. The van der Waals surface area contributed by atoms with E-state index in [4.69, 9.17) is 0 Å². The number of benzene rings is 2.